The minimum Gasteiger partial charge on any atom is -0.450 e. The quantitative estimate of drug-likeness (QED) is 0.327. The number of ether oxygens (including phenoxy) is 1. The van der Waals surface area contributed by atoms with E-state index in [-0.39, 0.29) is 36.1 Å². The zero-order chi connectivity index (χ0) is 19.6. The SMILES string of the molecule is CCNC(=NCC(c1cccs1)N(C)C)NC1CCN(C(=O)OCC)CC1.I. The van der Waals surface area contributed by atoms with Crippen molar-refractivity contribution in [3.05, 3.63) is 22.4 Å². The van der Waals surface area contributed by atoms with Gasteiger partial charge in [0.25, 0.3) is 0 Å². The highest BCUT2D eigenvalue weighted by Gasteiger charge is 2.24. The second-order valence-electron chi connectivity index (χ2n) is 6.82. The lowest BCUT2D eigenvalue weighted by Crippen LogP contribution is -2.50. The van der Waals surface area contributed by atoms with Gasteiger partial charge in [-0.3, -0.25) is 4.99 Å². The summed E-state index contributed by atoms with van der Waals surface area (Å²) >= 11 is 1.77. The summed E-state index contributed by atoms with van der Waals surface area (Å²) in [5.41, 5.74) is 0. The number of likely N-dealkylation sites (N-methyl/N-ethyl adjacent to an activating group) is 1. The van der Waals surface area contributed by atoms with E-state index < -0.39 is 0 Å². The molecule has 2 N–H and O–H groups in total. The van der Waals surface area contributed by atoms with E-state index in [1.54, 1.807) is 16.2 Å². The molecule has 1 aromatic heterocycles. The number of guanidine groups is 1. The predicted octanol–water partition coefficient (Wildman–Crippen LogP) is 3.14. The van der Waals surface area contributed by atoms with Crippen LogP contribution in [0.2, 0.25) is 0 Å². The van der Waals surface area contributed by atoms with Crippen LogP contribution in [0, 0.1) is 0 Å². The smallest absolute Gasteiger partial charge is 0.409 e. The van der Waals surface area contributed by atoms with Crippen molar-refractivity contribution in [2.24, 2.45) is 4.99 Å². The van der Waals surface area contributed by atoms with Gasteiger partial charge in [-0.1, -0.05) is 6.07 Å². The van der Waals surface area contributed by atoms with Crippen LogP contribution in [-0.2, 0) is 4.74 Å². The Kier molecular flexibility index (Phi) is 11.8. The molecule has 0 saturated carbocycles. The molecular formula is C19H34IN5O2S. The third-order valence-corrected chi connectivity index (χ3v) is 5.60. The van der Waals surface area contributed by atoms with Gasteiger partial charge in [-0.2, -0.15) is 0 Å². The summed E-state index contributed by atoms with van der Waals surface area (Å²) in [6.07, 6.45) is 1.58. The number of hydrogen-bond donors (Lipinski definition) is 2. The Labute approximate surface area is 189 Å². The molecule has 0 aromatic carbocycles. The number of aliphatic imine (C=N–C) groups is 1. The van der Waals surface area contributed by atoms with E-state index in [1.807, 2.05) is 6.92 Å². The minimum absolute atomic E-state index is 0. The van der Waals surface area contributed by atoms with Crippen molar-refractivity contribution < 1.29 is 9.53 Å². The van der Waals surface area contributed by atoms with Gasteiger partial charge in [-0.05, 0) is 52.2 Å². The van der Waals surface area contributed by atoms with Crippen LogP contribution in [0.1, 0.15) is 37.6 Å². The van der Waals surface area contributed by atoms with Gasteiger partial charge in [0.05, 0.1) is 19.2 Å². The Morgan fingerprint density at radius 2 is 2.11 bits per heavy atom. The molecule has 2 heterocycles. The molecule has 2 rings (SSSR count). The van der Waals surface area contributed by atoms with Crippen LogP contribution >= 0.6 is 35.3 Å². The lowest BCUT2D eigenvalue weighted by atomic mass is 10.1. The molecule has 1 unspecified atom stereocenters. The summed E-state index contributed by atoms with van der Waals surface area (Å²) in [5, 5.41) is 8.98. The number of halogens is 1. The fraction of sp³-hybridized carbons (Fsp3) is 0.684. The van der Waals surface area contributed by atoms with Crippen molar-refractivity contribution >= 4 is 47.4 Å². The third kappa shape index (κ3) is 7.75. The lowest BCUT2D eigenvalue weighted by molar-refractivity contribution is 0.0963. The summed E-state index contributed by atoms with van der Waals surface area (Å²) < 4.78 is 5.09. The van der Waals surface area contributed by atoms with Gasteiger partial charge in [0.2, 0.25) is 0 Å². The molecule has 7 nitrogen and oxygen atoms in total. The summed E-state index contributed by atoms with van der Waals surface area (Å²) in [7, 11) is 4.18. The Hall–Kier alpha value is -1.07. The molecule has 0 spiro atoms. The summed E-state index contributed by atoms with van der Waals surface area (Å²) in [4.78, 5) is 22.0. The molecule has 160 valence electrons. The number of rotatable bonds is 7. The maximum atomic E-state index is 11.8. The molecule has 1 aliphatic heterocycles. The minimum atomic E-state index is -0.207. The van der Waals surface area contributed by atoms with Crippen molar-refractivity contribution in [1.82, 2.24) is 20.4 Å². The number of nitrogens with zero attached hydrogens (tertiary/aromatic N) is 3. The van der Waals surface area contributed by atoms with Gasteiger partial charge in [-0.15, -0.1) is 35.3 Å². The van der Waals surface area contributed by atoms with Crippen molar-refractivity contribution in [2.75, 3.05) is 46.9 Å². The van der Waals surface area contributed by atoms with Crippen LogP contribution in [0.25, 0.3) is 0 Å². The predicted molar refractivity (Wildman–Crippen MR) is 127 cm³/mol. The van der Waals surface area contributed by atoms with E-state index >= 15 is 0 Å². The van der Waals surface area contributed by atoms with Crippen LogP contribution in [0.3, 0.4) is 0 Å². The van der Waals surface area contributed by atoms with Gasteiger partial charge in [0.1, 0.15) is 0 Å². The van der Waals surface area contributed by atoms with Gasteiger partial charge in [-0.25, -0.2) is 4.79 Å². The first kappa shape index (κ1) is 25.0. The Morgan fingerprint density at radius 3 is 2.64 bits per heavy atom. The van der Waals surface area contributed by atoms with Crippen LogP contribution in [0.4, 0.5) is 4.79 Å². The number of carbonyl (C=O) groups excluding carboxylic acids is 1. The van der Waals surface area contributed by atoms with Crippen LogP contribution in [0.15, 0.2) is 22.5 Å². The molecule has 1 amide bonds. The first-order valence-corrected chi connectivity index (χ1v) is 10.6. The lowest BCUT2D eigenvalue weighted by Gasteiger charge is -2.32. The van der Waals surface area contributed by atoms with E-state index in [0.717, 1.165) is 25.3 Å². The number of carbonyl (C=O) groups is 1. The molecule has 1 atom stereocenters. The Balaban J connectivity index is 0.00000392. The van der Waals surface area contributed by atoms with E-state index in [0.29, 0.717) is 32.3 Å². The molecule has 1 aromatic rings. The van der Waals surface area contributed by atoms with Crippen LogP contribution < -0.4 is 10.6 Å². The van der Waals surface area contributed by atoms with Gasteiger partial charge >= 0.3 is 6.09 Å². The van der Waals surface area contributed by atoms with Crippen molar-refractivity contribution in [1.29, 1.82) is 0 Å². The molecule has 0 bridgehead atoms. The summed E-state index contributed by atoms with van der Waals surface area (Å²) in [6, 6.07) is 4.83. The first-order valence-electron chi connectivity index (χ1n) is 9.71. The van der Waals surface area contributed by atoms with E-state index in [1.165, 1.54) is 4.88 Å². The van der Waals surface area contributed by atoms with Crippen LogP contribution in [0.5, 0.6) is 0 Å². The number of likely N-dealkylation sites (tertiary alicyclic amines) is 1. The van der Waals surface area contributed by atoms with Gasteiger partial charge < -0.3 is 25.2 Å². The third-order valence-electron chi connectivity index (χ3n) is 4.62. The maximum absolute atomic E-state index is 11.8. The largest absolute Gasteiger partial charge is 0.450 e. The topological polar surface area (TPSA) is 69.2 Å². The maximum Gasteiger partial charge on any atom is 0.409 e. The van der Waals surface area contributed by atoms with E-state index in [9.17, 15) is 4.79 Å². The number of nitrogens with one attached hydrogen (secondary N) is 2. The second-order valence-corrected chi connectivity index (χ2v) is 7.80. The standard InChI is InChI=1S/C19H33N5O2S.HI/c1-5-20-18(21-14-16(23(3)4)17-8-7-13-27-17)22-15-9-11-24(12-10-15)19(25)26-6-2;/h7-8,13,15-16H,5-6,9-12,14H2,1-4H3,(H2,20,21,22);1H. The molecule has 1 saturated heterocycles. The number of hydrogen-bond acceptors (Lipinski definition) is 5. The van der Waals surface area contributed by atoms with E-state index in [4.69, 9.17) is 9.73 Å². The molecule has 0 radical (unpaired) electrons. The van der Waals surface area contributed by atoms with Crippen molar-refractivity contribution in [2.45, 2.75) is 38.8 Å². The molecule has 1 fully saturated rings. The molecule has 9 heteroatoms. The van der Waals surface area contributed by atoms with Gasteiger partial charge in [0.15, 0.2) is 5.96 Å². The molecule has 28 heavy (non-hydrogen) atoms. The number of piperidine rings is 1. The summed E-state index contributed by atoms with van der Waals surface area (Å²) in [5.74, 6) is 0.843. The number of amides is 1. The number of thiophene rings is 1. The zero-order valence-corrected chi connectivity index (χ0v) is 20.5. The van der Waals surface area contributed by atoms with Crippen molar-refractivity contribution in [3.8, 4) is 0 Å². The van der Waals surface area contributed by atoms with Crippen LogP contribution in [-0.4, -0.2) is 74.8 Å². The summed E-state index contributed by atoms with van der Waals surface area (Å²) in [6.45, 7) is 7.28. The second kappa shape index (κ2) is 13.2. The molecular weight excluding hydrogens is 489 g/mol. The fourth-order valence-electron chi connectivity index (χ4n) is 3.10. The van der Waals surface area contributed by atoms with Gasteiger partial charge in [0, 0.05) is 30.6 Å². The molecule has 1 aliphatic rings. The highest BCUT2D eigenvalue weighted by Crippen LogP contribution is 2.23. The zero-order valence-electron chi connectivity index (χ0n) is 17.3. The molecule has 0 aliphatic carbocycles. The Morgan fingerprint density at radius 1 is 1.39 bits per heavy atom. The van der Waals surface area contributed by atoms with Crippen molar-refractivity contribution in [3.63, 3.8) is 0 Å². The normalized spacial score (nSPS) is 16.5. The highest BCUT2D eigenvalue weighted by atomic mass is 127. The Bertz CT molecular complexity index is 589. The fourth-order valence-corrected chi connectivity index (χ4v) is 4.01. The first-order chi connectivity index (χ1) is 13.0. The monoisotopic (exact) mass is 523 g/mol. The van der Waals surface area contributed by atoms with E-state index in [2.05, 4.69) is 54.1 Å². The highest BCUT2D eigenvalue weighted by molar-refractivity contribution is 14.0. The average molecular weight is 523 g/mol. The average Bonchev–Trinajstić information content (AvgIpc) is 3.17.